The lowest BCUT2D eigenvalue weighted by molar-refractivity contribution is -0.121. The van der Waals surface area contributed by atoms with Crippen molar-refractivity contribution in [2.75, 3.05) is 24.2 Å². The van der Waals surface area contributed by atoms with Crippen LogP contribution in [0.5, 0.6) is 0 Å². The van der Waals surface area contributed by atoms with Gasteiger partial charge in [-0.2, -0.15) is 0 Å². The van der Waals surface area contributed by atoms with E-state index in [9.17, 15) is 9.59 Å². The van der Waals surface area contributed by atoms with Crippen molar-refractivity contribution in [3.63, 3.8) is 0 Å². The number of hydrogen-bond donors (Lipinski definition) is 4. The average molecular weight is 391 g/mol. The summed E-state index contributed by atoms with van der Waals surface area (Å²) in [5.41, 5.74) is 2.41. The van der Waals surface area contributed by atoms with Gasteiger partial charge in [0.2, 0.25) is 5.91 Å². The molecule has 0 saturated heterocycles. The smallest absolute Gasteiger partial charge is 0.323 e. The number of carbonyl (C=O) groups excluding carboxylic acids is 2. The summed E-state index contributed by atoms with van der Waals surface area (Å²) in [4.78, 5) is 23.9. The van der Waals surface area contributed by atoms with Gasteiger partial charge in [0, 0.05) is 17.8 Å². The molecule has 3 amide bonds. The van der Waals surface area contributed by atoms with Crippen molar-refractivity contribution in [2.45, 2.75) is 25.8 Å². The fraction of sp³-hybridized carbons (Fsp3) is 0.300. The summed E-state index contributed by atoms with van der Waals surface area (Å²) >= 11 is 0. The molecule has 0 aromatic heterocycles. The van der Waals surface area contributed by atoms with Gasteiger partial charge in [-0.3, -0.25) is 4.79 Å². The van der Waals surface area contributed by atoms with E-state index in [1.165, 1.54) is 0 Å². The molecule has 2 aromatic rings. The van der Waals surface area contributed by atoms with Crippen LogP contribution in [0.15, 0.2) is 54.6 Å². The molecule has 0 fully saturated rings. The summed E-state index contributed by atoms with van der Waals surface area (Å²) in [6.45, 7) is 2.77. The second kappa shape index (κ2) is 11.9. The molecule has 27 heavy (non-hydrogen) atoms. The number of halogens is 1. The van der Waals surface area contributed by atoms with Crippen LogP contribution in [0, 0.1) is 0 Å². The van der Waals surface area contributed by atoms with Crippen LogP contribution in [0.3, 0.4) is 0 Å². The zero-order valence-corrected chi connectivity index (χ0v) is 16.4. The summed E-state index contributed by atoms with van der Waals surface area (Å²) in [7, 11) is 1.87. The van der Waals surface area contributed by atoms with Gasteiger partial charge in [0.1, 0.15) is 0 Å². The molecule has 0 saturated carbocycles. The van der Waals surface area contributed by atoms with Crippen LogP contribution in [-0.4, -0.2) is 25.5 Å². The summed E-state index contributed by atoms with van der Waals surface area (Å²) in [5.74, 6) is 0.0391. The van der Waals surface area contributed by atoms with E-state index in [1.54, 1.807) is 0 Å². The monoisotopic (exact) mass is 390 g/mol. The summed E-state index contributed by atoms with van der Waals surface area (Å²) in [6.07, 6.45) is 1.32. The van der Waals surface area contributed by atoms with E-state index in [0.717, 1.165) is 24.2 Å². The summed E-state index contributed by atoms with van der Waals surface area (Å²) in [6, 6.07) is 16.3. The van der Waals surface area contributed by atoms with E-state index in [2.05, 4.69) is 21.3 Å². The lowest BCUT2D eigenvalue weighted by atomic mass is 10.1. The molecule has 2 aromatic carbocycles. The Bertz CT molecular complexity index is 708. The molecule has 0 aliphatic carbocycles. The third-order valence-corrected chi connectivity index (χ3v) is 3.91. The fourth-order valence-corrected chi connectivity index (χ4v) is 2.49. The van der Waals surface area contributed by atoms with Gasteiger partial charge in [0.05, 0.1) is 6.04 Å². The maximum atomic E-state index is 12.0. The Balaban J connectivity index is 0.00000364. The minimum atomic E-state index is -0.296. The van der Waals surface area contributed by atoms with E-state index < -0.39 is 0 Å². The highest BCUT2D eigenvalue weighted by Gasteiger charge is 2.10. The topological polar surface area (TPSA) is 82.3 Å². The highest BCUT2D eigenvalue weighted by Crippen LogP contribution is 2.17. The summed E-state index contributed by atoms with van der Waals surface area (Å²) < 4.78 is 0. The van der Waals surface area contributed by atoms with E-state index >= 15 is 0 Å². The number of benzene rings is 2. The zero-order chi connectivity index (χ0) is 18.8. The Kier molecular flexibility index (Phi) is 9.93. The third-order valence-electron chi connectivity index (χ3n) is 3.91. The predicted octanol–water partition coefficient (Wildman–Crippen LogP) is 3.93. The van der Waals surface area contributed by atoms with Crippen LogP contribution < -0.4 is 21.3 Å². The molecule has 1 atom stereocenters. The van der Waals surface area contributed by atoms with Crippen LogP contribution in [0.1, 0.15) is 31.4 Å². The number of anilines is 2. The van der Waals surface area contributed by atoms with Gasteiger partial charge in [0.25, 0.3) is 0 Å². The van der Waals surface area contributed by atoms with Crippen LogP contribution in [0.25, 0.3) is 0 Å². The van der Waals surface area contributed by atoms with Crippen LogP contribution >= 0.6 is 12.4 Å². The number of urea groups is 1. The fourth-order valence-electron chi connectivity index (χ4n) is 2.49. The molecule has 0 heterocycles. The largest absolute Gasteiger partial charge is 0.350 e. The number of nitrogens with one attached hydrogen (secondary N) is 4. The van der Waals surface area contributed by atoms with Crippen molar-refractivity contribution in [1.82, 2.24) is 10.6 Å². The van der Waals surface area contributed by atoms with Crippen LogP contribution in [-0.2, 0) is 4.79 Å². The molecular formula is C20H27ClN4O2. The first-order chi connectivity index (χ1) is 12.6. The molecule has 0 radical (unpaired) electrons. The average Bonchev–Trinajstić information content (AvgIpc) is 2.63. The Morgan fingerprint density at radius 3 is 2.11 bits per heavy atom. The molecule has 6 nitrogen and oxygen atoms in total. The maximum absolute atomic E-state index is 12.0. The third kappa shape index (κ3) is 8.11. The number of carbonyl (C=O) groups is 2. The molecular weight excluding hydrogens is 364 g/mol. The van der Waals surface area contributed by atoms with Gasteiger partial charge >= 0.3 is 6.03 Å². The van der Waals surface area contributed by atoms with Gasteiger partial charge in [-0.15, -0.1) is 12.4 Å². The maximum Gasteiger partial charge on any atom is 0.323 e. The van der Waals surface area contributed by atoms with Crippen molar-refractivity contribution in [3.05, 3.63) is 60.2 Å². The SMILES string of the molecule is CNCCCC(=O)NC(C)c1ccc(NC(=O)Nc2ccccc2)cc1.Cl. The predicted molar refractivity (Wildman–Crippen MR) is 112 cm³/mol. The first kappa shape index (κ1) is 22.5. The van der Waals surface area contributed by atoms with Crippen LogP contribution in [0.4, 0.5) is 16.2 Å². The minimum absolute atomic E-state index is 0. The second-order valence-electron chi connectivity index (χ2n) is 6.06. The molecule has 146 valence electrons. The van der Waals surface area contributed by atoms with Gasteiger partial charge in [-0.25, -0.2) is 4.79 Å². The Hall–Kier alpha value is -2.57. The molecule has 0 aliphatic heterocycles. The normalized spacial score (nSPS) is 11.0. The quantitative estimate of drug-likeness (QED) is 0.515. The van der Waals surface area contributed by atoms with Gasteiger partial charge in [-0.05, 0) is 56.8 Å². The number of para-hydroxylation sites is 1. The van der Waals surface area contributed by atoms with Crippen LogP contribution in [0.2, 0.25) is 0 Å². The molecule has 1 unspecified atom stereocenters. The van der Waals surface area contributed by atoms with Crippen molar-refractivity contribution >= 4 is 35.7 Å². The van der Waals surface area contributed by atoms with Crippen molar-refractivity contribution < 1.29 is 9.59 Å². The lowest BCUT2D eigenvalue weighted by Gasteiger charge is -2.15. The van der Waals surface area contributed by atoms with Gasteiger partial charge < -0.3 is 21.3 Å². The first-order valence-corrected chi connectivity index (χ1v) is 8.75. The Labute approximate surface area is 166 Å². The molecule has 0 aliphatic rings. The second-order valence-corrected chi connectivity index (χ2v) is 6.06. The van der Waals surface area contributed by atoms with Crippen molar-refractivity contribution in [2.24, 2.45) is 0 Å². The van der Waals surface area contributed by atoms with Crippen molar-refractivity contribution in [1.29, 1.82) is 0 Å². The number of rotatable bonds is 8. The molecule has 7 heteroatoms. The molecule has 4 N–H and O–H groups in total. The minimum Gasteiger partial charge on any atom is -0.350 e. The van der Waals surface area contributed by atoms with Gasteiger partial charge in [-0.1, -0.05) is 30.3 Å². The molecule has 0 spiro atoms. The van der Waals surface area contributed by atoms with E-state index in [4.69, 9.17) is 0 Å². The number of amides is 3. The van der Waals surface area contributed by atoms with E-state index in [0.29, 0.717) is 12.1 Å². The van der Waals surface area contributed by atoms with E-state index in [1.807, 2.05) is 68.6 Å². The Morgan fingerprint density at radius 1 is 0.926 bits per heavy atom. The highest BCUT2D eigenvalue weighted by atomic mass is 35.5. The van der Waals surface area contributed by atoms with Crippen molar-refractivity contribution in [3.8, 4) is 0 Å². The Morgan fingerprint density at radius 2 is 1.52 bits per heavy atom. The standard InChI is InChI=1S/C20H26N4O2.ClH/c1-15(22-19(25)9-6-14-21-2)16-10-12-18(13-11-16)24-20(26)23-17-7-4-3-5-8-17;/h3-5,7-8,10-13,15,21H,6,9,14H2,1-2H3,(H,22,25)(H2,23,24,26);1H. The molecule has 2 rings (SSSR count). The van der Waals surface area contributed by atoms with Gasteiger partial charge in [0.15, 0.2) is 0 Å². The highest BCUT2D eigenvalue weighted by molar-refractivity contribution is 5.99. The number of hydrogen-bond acceptors (Lipinski definition) is 3. The zero-order valence-electron chi connectivity index (χ0n) is 15.6. The lowest BCUT2D eigenvalue weighted by Crippen LogP contribution is -2.27. The summed E-state index contributed by atoms with van der Waals surface area (Å²) in [5, 5.41) is 11.6. The van der Waals surface area contributed by atoms with E-state index in [-0.39, 0.29) is 30.4 Å². The molecule has 0 bridgehead atoms. The first-order valence-electron chi connectivity index (χ1n) is 8.75.